The first-order valence-electron chi connectivity index (χ1n) is 3.87. The highest BCUT2D eigenvalue weighted by Crippen LogP contribution is 2.26. The lowest BCUT2D eigenvalue weighted by atomic mass is 9.89. The summed E-state index contributed by atoms with van der Waals surface area (Å²) in [5.74, 6) is 7.11. The van der Waals surface area contributed by atoms with Gasteiger partial charge in [-0.1, -0.05) is 0 Å². The summed E-state index contributed by atoms with van der Waals surface area (Å²) in [7, 11) is 0. The third-order valence-electron chi connectivity index (χ3n) is 2.56. The van der Waals surface area contributed by atoms with E-state index in [2.05, 4.69) is 4.90 Å². The number of nitrogens with zero attached hydrogens (tertiary/aromatic N) is 2. The van der Waals surface area contributed by atoms with Crippen molar-refractivity contribution in [2.75, 3.05) is 19.6 Å². The Bertz CT molecular complexity index is 66.6. The van der Waals surface area contributed by atoms with Gasteiger partial charge in [0.25, 0.3) is 0 Å². The van der Waals surface area contributed by atoms with Crippen LogP contribution in [-0.2, 0) is 0 Å². The highest BCUT2D eigenvalue weighted by Gasteiger charge is 2.24. The topological polar surface area (TPSA) is 45.8 Å². The molecule has 58 valence electrons. The van der Waals surface area contributed by atoms with Crippen molar-refractivity contribution in [2.24, 2.45) is 5.92 Å². The Kier molecular flexibility index (Phi) is 3.12. The molecule has 0 aliphatic carbocycles. The SMILES string of the molecule is C1CN2CCC1CC2.[N]O. The van der Waals surface area contributed by atoms with Gasteiger partial charge in [0.15, 0.2) is 0 Å². The lowest BCUT2D eigenvalue weighted by Gasteiger charge is -2.38. The third-order valence-corrected chi connectivity index (χ3v) is 2.56. The summed E-state index contributed by atoms with van der Waals surface area (Å²) < 4.78 is 0. The van der Waals surface area contributed by atoms with Gasteiger partial charge in [0.1, 0.15) is 0 Å². The second kappa shape index (κ2) is 3.91. The summed E-state index contributed by atoms with van der Waals surface area (Å²) >= 11 is 0. The molecule has 0 aromatic carbocycles. The van der Waals surface area contributed by atoms with Crippen molar-refractivity contribution in [3.05, 3.63) is 0 Å². The lowest BCUT2D eigenvalue weighted by molar-refractivity contribution is 0.111. The first-order chi connectivity index (χ1) is 4.95. The Balaban J connectivity index is 0.000000231. The summed E-state index contributed by atoms with van der Waals surface area (Å²) in [5, 5.41) is 6.00. The van der Waals surface area contributed by atoms with Crippen molar-refractivity contribution in [1.29, 1.82) is 0 Å². The third kappa shape index (κ3) is 1.68. The van der Waals surface area contributed by atoms with Crippen molar-refractivity contribution in [3.63, 3.8) is 0 Å². The minimum atomic E-state index is 1.11. The summed E-state index contributed by atoms with van der Waals surface area (Å²) in [4.78, 5) is 2.58. The molecule has 0 unspecified atom stereocenters. The van der Waals surface area contributed by atoms with E-state index in [1.165, 1.54) is 38.9 Å². The molecule has 0 aromatic rings. The molecule has 3 aliphatic heterocycles. The van der Waals surface area contributed by atoms with E-state index in [9.17, 15) is 0 Å². The molecule has 10 heavy (non-hydrogen) atoms. The van der Waals surface area contributed by atoms with Crippen molar-refractivity contribution >= 4 is 0 Å². The van der Waals surface area contributed by atoms with Crippen LogP contribution in [0.4, 0.5) is 0 Å². The average Bonchev–Trinajstić information content (AvgIpc) is 2.11. The zero-order valence-corrected chi connectivity index (χ0v) is 6.16. The van der Waals surface area contributed by atoms with Crippen molar-refractivity contribution in [1.82, 2.24) is 10.8 Å². The molecule has 2 bridgehead atoms. The molecule has 3 fully saturated rings. The summed E-state index contributed by atoms with van der Waals surface area (Å²) in [5.41, 5.74) is 0. The highest BCUT2D eigenvalue weighted by atomic mass is 16.4. The maximum absolute atomic E-state index is 6.00. The molecule has 3 rings (SSSR count). The zero-order chi connectivity index (χ0) is 7.40. The number of piperidine rings is 3. The fraction of sp³-hybridized carbons (Fsp3) is 1.00. The van der Waals surface area contributed by atoms with Gasteiger partial charge in [-0.25, -0.2) is 0 Å². The molecule has 0 amide bonds. The Morgan fingerprint density at radius 3 is 1.50 bits per heavy atom. The normalized spacial score (nSPS) is 36.6. The molecule has 3 aliphatic rings. The van der Waals surface area contributed by atoms with Crippen LogP contribution in [0.2, 0.25) is 0 Å². The van der Waals surface area contributed by atoms with E-state index in [1.54, 1.807) is 0 Å². The molecular weight excluding hydrogens is 128 g/mol. The summed E-state index contributed by atoms with van der Waals surface area (Å²) in [6.45, 7) is 4.18. The van der Waals surface area contributed by atoms with E-state index in [4.69, 9.17) is 11.1 Å². The van der Waals surface area contributed by atoms with Crippen LogP contribution in [0, 0.1) is 5.92 Å². The zero-order valence-electron chi connectivity index (χ0n) is 6.16. The number of hydrogen-bond acceptors (Lipinski definition) is 2. The number of fused-ring (bicyclic) bond motifs is 3. The molecule has 0 aromatic heterocycles. The molecule has 3 nitrogen and oxygen atoms in total. The minimum absolute atomic E-state index is 1.11. The van der Waals surface area contributed by atoms with Crippen LogP contribution in [0.25, 0.3) is 0 Å². The molecule has 3 heteroatoms. The first kappa shape index (κ1) is 7.98. The van der Waals surface area contributed by atoms with Crippen molar-refractivity contribution in [2.45, 2.75) is 19.3 Å². The van der Waals surface area contributed by atoms with Crippen LogP contribution < -0.4 is 5.90 Å². The quantitative estimate of drug-likeness (QED) is 0.502. The Hall–Kier alpha value is -0.120. The van der Waals surface area contributed by atoms with Crippen LogP contribution in [-0.4, -0.2) is 29.7 Å². The van der Waals surface area contributed by atoms with Crippen LogP contribution in [0.3, 0.4) is 0 Å². The van der Waals surface area contributed by atoms with E-state index in [-0.39, 0.29) is 0 Å². The van der Waals surface area contributed by atoms with Gasteiger partial charge >= 0.3 is 0 Å². The maximum Gasteiger partial charge on any atom is 0.0375 e. The molecule has 0 spiro atoms. The Morgan fingerprint density at radius 1 is 1.00 bits per heavy atom. The summed E-state index contributed by atoms with van der Waals surface area (Å²) in [6.07, 6.45) is 4.46. The Labute approximate surface area is 61.8 Å². The predicted molar refractivity (Wildman–Crippen MR) is 37.7 cm³/mol. The lowest BCUT2D eigenvalue weighted by Crippen LogP contribution is -2.41. The number of rotatable bonds is 0. The van der Waals surface area contributed by atoms with Gasteiger partial charge in [0, 0.05) is 5.90 Å². The van der Waals surface area contributed by atoms with E-state index in [1.807, 2.05) is 0 Å². The highest BCUT2D eigenvalue weighted by molar-refractivity contribution is 4.78. The van der Waals surface area contributed by atoms with Crippen LogP contribution in [0.5, 0.6) is 0 Å². The smallest absolute Gasteiger partial charge is 0.0375 e. The summed E-state index contributed by atoms with van der Waals surface area (Å²) in [6, 6.07) is 0. The Morgan fingerprint density at radius 2 is 1.40 bits per heavy atom. The number of hydrogen-bond donors (Lipinski definition) is 1. The molecular formula is C7H14N2O. The average molecular weight is 142 g/mol. The van der Waals surface area contributed by atoms with Gasteiger partial charge in [-0.3, -0.25) is 5.21 Å². The standard InChI is InChI=1S/C7H13N.HNO/c1-4-8-5-2-7(1)3-6-8;1-2/h7H,1-6H2;2H. The monoisotopic (exact) mass is 142 g/mol. The van der Waals surface area contributed by atoms with Gasteiger partial charge in [-0.15, -0.1) is 0 Å². The second-order valence-electron chi connectivity index (χ2n) is 3.07. The molecule has 0 atom stereocenters. The van der Waals surface area contributed by atoms with Gasteiger partial charge in [-0.2, -0.15) is 0 Å². The van der Waals surface area contributed by atoms with Gasteiger partial charge in [0.2, 0.25) is 0 Å². The fourth-order valence-corrected chi connectivity index (χ4v) is 1.86. The van der Waals surface area contributed by atoms with E-state index in [0.29, 0.717) is 0 Å². The molecule has 3 saturated heterocycles. The van der Waals surface area contributed by atoms with E-state index in [0.717, 1.165) is 5.92 Å². The van der Waals surface area contributed by atoms with Gasteiger partial charge in [-0.05, 0) is 44.8 Å². The molecule has 2 radical (unpaired) electrons. The fourth-order valence-electron chi connectivity index (χ4n) is 1.86. The first-order valence-corrected chi connectivity index (χ1v) is 3.87. The van der Waals surface area contributed by atoms with Crippen LogP contribution >= 0.6 is 0 Å². The maximum atomic E-state index is 6.00. The largest absolute Gasteiger partial charge is 0.303 e. The molecule has 1 N–H and O–H groups in total. The van der Waals surface area contributed by atoms with Crippen LogP contribution in [0.1, 0.15) is 19.3 Å². The predicted octanol–water partition coefficient (Wildman–Crippen LogP) is 0.546. The molecule has 0 saturated carbocycles. The molecule has 3 heterocycles. The minimum Gasteiger partial charge on any atom is -0.303 e. The van der Waals surface area contributed by atoms with Crippen LogP contribution in [0.15, 0.2) is 0 Å². The van der Waals surface area contributed by atoms with Crippen molar-refractivity contribution < 1.29 is 5.21 Å². The van der Waals surface area contributed by atoms with Gasteiger partial charge < -0.3 is 4.90 Å². The van der Waals surface area contributed by atoms with Gasteiger partial charge in [0.05, 0.1) is 0 Å². The van der Waals surface area contributed by atoms with Crippen molar-refractivity contribution in [3.8, 4) is 0 Å². The van der Waals surface area contributed by atoms with E-state index < -0.39 is 0 Å². The second-order valence-corrected chi connectivity index (χ2v) is 3.07. The van der Waals surface area contributed by atoms with E-state index >= 15 is 0 Å².